The van der Waals surface area contributed by atoms with Gasteiger partial charge in [-0.05, 0) is 56.2 Å². The van der Waals surface area contributed by atoms with Gasteiger partial charge < -0.3 is 5.32 Å². The zero-order chi connectivity index (χ0) is 21.2. The molecule has 7 heteroatoms. The third kappa shape index (κ3) is 2.51. The Morgan fingerprint density at radius 2 is 1.87 bits per heavy atom. The fraction of sp³-hybridized carbons (Fsp3) is 0.609. The van der Waals surface area contributed by atoms with Gasteiger partial charge in [0.05, 0.1) is 11.8 Å². The van der Waals surface area contributed by atoms with E-state index in [1.807, 2.05) is 32.2 Å². The van der Waals surface area contributed by atoms with Crippen LogP contribution in [-0.4, -0.2) is 46.7 Å². The number of imide groups is 1. The van der Waals surface area contributed by atoms with Gasteiger partial charge in [-0.15, -0.1) is 0 Å². The predicted molar refractivity (Wildman–Crippen MR) is 117 cm³/mol. The van der Waals surface area contributed by atoms with Gasteiger partial charge in [-0.3, -0.25) is 24.6 Å². The molecule has 160 valence electrons. The molecule has 1 aliphatic carbocycles. The van der Waals surface area contributed by atoms with Crippen molar-refractivity contribution in [3.63, 3.8) is 0 Å². The molecule has 4 aliphatic rings. The number of nitrogens with one attached hydrogen (secondary N) is 2. The largest absolute Gasteiger partial charge is 0.324 e. The van der Waals surface area contributed by atoms with E-state index in [0.717, 1.165) is 60.2 Å². The summed E-state index contributed by atoms with van der Waals surface area (Å²) in [5.74, 6) is -0.676. The van der Waals surface area contributed by atoms with Gasteiger partial charge >= 0.3 is 0 Å². The van der Waals surface area contributed by atoms with E-state index in [9.17, 15) is 14.4 Å². The predicted octanol–water partition coefficient (Wildman–Crippen LogP) is 2.72. The van der Waals surface area contributed by atoms with Crippen molar-refractivity contribution < 1.29 is 14.4 Å². The lowest BCUT2D eigenvalue weighted by Crippen LogP contribution is -2.54. The second kappa shape index (κ2) is 7.09. The summed E-state index contributed by atoms with van der Waals surface area (Å²) in [6, 6.07) is 3.80. The zero-order valence-electron chi connectivity index (χ0n) is 17.8. The van der Waals surface area contributed by atoms with E-state index in [1.165, 1.54) is 0 Å². The van der Waals surface area contributed by atoms with E-state index in [1.54, 1.807) is 16.7 Å². The minimum Gasteiger partial charge on any atom is -0.324 e. The number of anilines is 1. The Morgan fingerprint density at radius 1 is 1.13 bits per heavy atom. The number of likely N-dealkylation sites (tertiary alicyclic amines) is 1. The highest BCUT2D eigenvalue weighted by Gasteiger charge is 2.70. The van der Waals surface area contributed by atoms with Crippen LogP contribution in [0, 0.1) is 25.7 Å². The van der Waals surface area contributed by atoms with E-state index in [4.69, 9.17) is 0 Å². The molecule has 5 rings (SSSR count). The van der Waals surface area contributed by atoms with Crippen LogP contribution in [-0.2, 0) is 19.9 Å². The monoisotopic (exact) mass is 427 g/mol. The molecule has 2 saturated heterocycles. The van der Waals surface area contributed by atoms with Crippen LogP contribution in [0.15, 0.2) is 12.1 Å². The summed E-state index contributed by atoms with van der Waals surface area (Å²) in [6.45, 7) is 4.02. The highest BCUT2D eigenvalue weighted by molar-refractivity contribution is 7.98. The Kier molecular flexibility index (Phi) is 4.74. The number of carbonyl (C=O) groups is 3. The quantitative estimate of drug-likeness (QED) is 0.723. The van der Waals surface area contributed by atoms with Crippen molar-refractivity contribution in [2.24, 2.45) is 11.8 Å². The molecule has 0 bridgehead atoms. The second-order valence-corrected chi connectivity index (χ2v) is 10.2. The molecule has 3 amide bonds. The molecular weight excluding hydrogens is 398 g/mol. The van der Waals surface area contributed by atoms with E-state index in [0.29, 0.717) is 0 Å². The normalized spacial score (nSPS) is 33.0. The first kappa shape index (κ1) is 20.1. The van der Waals surface area contributed by atoms with Crippen LogP contribution in [0.25, 0.3) is 0 Å². The van der Waals surface area contributed by atoms with Gasteiger partial charge in [0.25, 0.3) is 0 Å². The van der Waals surface area contributed by atoms with Crippen molar-refractivity contribution in [3.8, 4) is 0 Å². The second-order valence-electron chi connectivity index (χ2n) is 9.21. The Labute approximate surface area is 181 Å². The molecule has 1 aromatic rings. The van der Waals surface area contributed by atoms with Crippen molar-refractivity contribution in [2.45, 2.75) is 63.6 Å². The summed E-state index contributed by atoms with van der Waals surface area (Å²) in [6.07, 6.45) is 6.67. The molecule has 0 radical (unpaired) electrons. The van der Waals surface area contributed by atoms with Crippen LogP contribution < -0.4 is 10.6 Å². The van der Waals surface area contributed by atoms with Crippen molar-refractivity contribution in [1.82, 2.24) is 10.2 Å². The summed E-state index contributed by atoms with van der Waals surface area (Å²) in [4.78, 5) is 42.4. The molecule has 1 spiro atoms. The SMILES string of the molecule is CSCCC1NC2(C(=O)Nc3c2ccc(C)c3C)C2C(=O)N(C3CCCC3)C(=O)C12. The Morgan fingerprint density at radius 3 is 2.57 bits per heavy atom. The van der Waals surface area contributed by atoms with Crippen LogP contribution in [0.5, 0.6) is 0 Å². The number of hydrogen-bond acceptors (Lipinski definition) is 5. The maximum absolute atomic E-state index is 13.8. The number of fused-ring (bicyclic) bond motifs is 4. The van der Waals surface area contributed by atoms with Crippen LogP contribution in [0.2, 0.25) is 0 Å². The fourth-order valence-corrected chi connectivity index (χ4v) is 6.65. The zero-order valence-corrected chi connectivity index (χ0v) is 18.6. The Balaban J connectivity index is 1.64. The minimum atomic E-state index is -1.15. The summed E-state index contributed by atoms with van der Waals surface area (Å²) >= 11 is 1.72. The third-order valence-corrected chi connectivity index (χ3v) is 8.42. The Hall–Kier alpha value is -1.86. The van der Waals surface area contributed by atoms with Gasteiger partial charge in [0, 0.05) is 23.3 Å². The third-order valence-electron chi connectivity index (χ3n) is 7.78. The molecule has 1 aromatic carbocycles. The number of amides is 3. The number of aryl methyl sites for hydroxylation is 1. The van der Waals surface area contributed by atoms with Crippen molar-refractivity contribution in [1.29, 1.82) is 0 Å². The molecule has 4 unspecified atom stereocenters. The van der Waals surface area contributed by atoms with Crippen molar-refractivity contribution >= 4 is 35.2 Å². The first-order valence-corrected chi connectivity index (χ1v) is 12.4. The first-order chi connectivity index (χ1) is 14.4. The fourth-order valence-electron chi connectivity index (χ4n) is 6.16. The van der Waals surface area contributed by atoms with Crippen LogP contribution >= 0.6 is 11.8 Å². The molecule has 30 heavy (non-hydrogen) atoms. The molecule has 2 N–H and O–H groups in total. The molecule has 0 aromatic heterocycles. The number of rotatable bonds is 4. The van der Waals surface area contributed by atoms with Gasteiger partial charge in [-0.2, -0.15) is 11.8 Å². The van der Waals surface area contributed by atoms with Crippen LogP contribution in [0.3, 0.4) is 0 Å². The van der Waals surface area contributed by atoms with Gasteiger partial charge in [0.15, 0.2) is 0 Å². The molecule has 3 heterocycles. The van der Waals surface area contributed by atoms with Gasteiger partial charge in [-0.1, -0.05) is 25.0 Å². The van der Waals surface area contributed by atoms with Crippen molar-refractivity contribution in [2.75, 3.05) is 17.3 Å². The highest BCUT2D eigenvalue weighted by Crippen LogP contribution is 2.55. The molecule has 3 fully saturated rings. The van der Waals surface area contributed by atoms with Crippen LogP contribution in [0.4, 0.5) is 5.69 Å². The number of carbonyl (C=O) groups excluding carboxylic acids is 3. The first-order valence-electron chi connectivity index (χ1n) is 11.0. The number of hydrogen-bond donors (Lipinski definition) is 2. The van der Waals surface area contributed by atoms with Gasteiger partial charge in [0.1, 0.15) is 5.54 Å². The van der Waals surface area contributed by atoms with E-state index >= 15 is 0 Å². The smallest absolute Gasteiger partial charge is 0.250 e. The molecule has 3 aliphatic heterocycles. The highest BCUT2D eigenvalue weighted by atomic mass is 32.2. The lowest BCUT2D eigenvalue weighted by Gasteiger charge is -2.31. The lowest BCUT2D eigenvalue weighted by molar-refractivity contribution is -0.145. The van der Waals surface area contributed by atoms with Gasteiger partial charge in [-0.25, -0.2) is 0 Å². The number of thioether (sulfide) groups is 1. The molecule has 1 saturated carbocycles. The van der Waals surface area contributed by atoms with Crippen LogP contribution in [0.1, 0.15) is 48.8 Å². The van der Waals surface area contributed by atoms with Crippen molar-refractivity contribution in [3.05, 3.63) is 28.8 Å². The maximum atomic E-state index is 13.8. The minimum absolute atomic E-state index is 0.00228. The summed E-state index contributed by atoms with van der Waals surface area (Å²) in [5.41, 5.74) is 2.60. The maximum Gasteiger partial charge on any atom is 0.250 e. The average Bonchev–Trinajstić information content (AvgIpc) is 3.46. The lowest BCUT2D eigenvalue weighted by atomic mass is 9.76. The summed E-state index contributed by atoms with van der Waals surface area (Å²) in [7, 11) is 0. The standard InChI is InChI=1S/C23H29N3O3S/c1-12-8-9-15-19(13(12)2)24-22(29)23(15)18-17(16(25-23)10-11-30-3)20(27)26(21(18)28)14-6-4-5-7-14/h8-9,14,16-18,25H,4-7,10-11H2,1-3H3,(H,24,29). The summed E-state index contributed by atoms with van der Waals surface area (Å²) < 4.78 is 0. The van der Waals surface area contributed by atoms with E-state index < -0.39 is 17.4 Å². The average molecular weight is 428 g/mol. The molecular formula is C23H29N3O3S. The number of nitrogens with zero attached hydrogens (tertiary/aromatic N) is 1. The van der Waals surface area contributed by atoms with E-state index in [-0.39, 0.29) is 29.8 Å². The Bertz CT molecular complexity index is 942. The van der Waals surface area contributed by atoms with E-state index in [2.05, 4.69) is 10.6 Å². The summed E-state index contributed by atoms with van der Waals surface area (Å²) in [5, 5.41) is 6.59. The van der Waals surface area contributed by atoms with Gasteiger partial charge in [0.2, 0.25) is 17.7 Å². The topological polar surface area (TPSA) is 78.5 Å². The molecule has 4 atom stereocenters. The molecule has 6 nitrogen and oxygen atoms in total. The number of benzene rings is 1.